The highest BCUT2D eigenvalue weighted by molar-refractivity contribution is 7.89. The summed E-state index contributed by atoms with van der Waals surface area (Å²) in [5.74, 6) is -7.52. The van der Waals surface area contributed by atoms with Crippen molar-refractivity contribution in [2.75, 3.05) is 0 Å². The van der Waals surface area contributed by atoms with E-state index < -0.39 is 58.8 Å². The third-order valence-corrected chi connectivity index (χ3v) is 4.03. The molecule has 1 aromatic rings. The Labute approximate surface area is 110 Å². The van der Waals surface area contributed by atoms with Gasteiger partial charge in [0.25, 0.3) is 20.2 Å². The van der Waals surface area contributed by atoms with Gasteiger partial charge < -0.3 is 20.4 Å². The summed E-state index contributed by atoms with van der Waals surface area (Å²) in [5.41, 5.74) is -1.74. The summed E-state index contributed by atoms with van der Waals surface area (Å²) in [5, 5.41) is 36.4. The fourth-order valence-corrected chi connectivity index (χ4v) is 3.43. The normalized spacial score (nSPS) is 12.3. The molecule has 1 rings (SSSR count). The van der Waals surface area contributed by atoms with Crippen LogP contribution in [0, 0.1) is 0 Å². The Morgan fingerprint density at radius 1 is 0.750 bits per heavy atom. The fraction of sp³-hybridized carbons (Fsp3) is 0. The van der Waals surface area contributed by atoms with E-state index in [1.165, 1.54) is 0 Å². The second-order valence-electron chi connectivity index (χ2n) is 3.33. The summed E-state index contributed by atoms with van der Waals surface area (Å²) < 4.78 is 61.7. The molecule has 1 aromatic carbocycles. The van der Waals surface area contributed by atoms with Gasteiger partial charge >= 0.3 is 5.97 Å². The molecule has 6 N–H and O–H groups in total. The van der Waals surface area contributed by atoms with Gasteiger partial charge in [0.1, 0.15) is 10.5 Å². The molecule has 13 heteroatoms. The number of phenolic OH excluding ortho intramolecular Hbond substituents is 2. The molecule has 0 aliphatic heterocycles. The van der Waals surface area contributed by atoms with Crippen molar-refractivity contribution in [3.05, 3.63) is 5.56 Å². The lowest BCUT2D eigenvalue weighted by Gasteiger charge is -2.13. The first kappa shape index (κ1) is 16.0. The van der Waals surface area contributed by atoms with Crippen LogP contribution in [0.1, 0.15) is 10.4 Å². The van der Waals surface area contributed by atoms with Crippen molar-refractivity contribution < 1.29 is 51.2 Å². The van der Waals surface area contributed by atoms with Crippen molar-refractivity contribution in [3.8, 4) is 17.2 Å². The molecule has 0 spiro atoms. The average Bonchev–Trinajstić information content (AvgIpc) is 2.21. The van der Waals surface area contributed by atoms with E-state index >= 15 is 0 Å². The molecule has 0 aliphatic rings. The summed E-state index contributed by atoms with van der Waals surface area (Å²) >= 11 is 0. The maximum absolute atomic E-state index is 11.1. The van der Waals surface area contributed by atoms with Crippen LogP contribution in [0.4, 0.5) is 0 Å². The third-order valence-electron chi connectivity index (χ3n) is 2.06. The fourth-order valence-electron chi connectivity index (χ4n) is 1.35. The Morgan fingerprint density at radius 2 is 1.15 bits per heavy atom. The van der Waals surface area contributed by atoms with Crippen LogP contribution in [0.5, 0.6) is 17.2 Å². The second-order valence-corrected chi connectivity index (χ2v) is 6.05. The molecule has 20 heavy (non-hydrogen) atoms. The lowest BCUT2D eigenvalue weighted by Crippen LogP contribution is -2.15. The summed E-state index contributed by atoms with van der Waals surface area (Å²) in [6, 6.07) is 0. The zero-order valence-electron chi connectivity index (χ0n) is 9.04. The van der Waals surface area contributed by atoms with Gasteiger partial charge in [-0.25, -0.2) is 4.79 Å². The smallest absolute Gasteiger partial charge is 0.341 e. The average molecular weight is 330 g/mol. The number of hydrogen-bond acceptors (Lipinski definition) is 8. The van der Waals surface area contributed by atoms with Crippen molar-refractivity contribution >= 4 is 26.2 Å². The minimum atomic E-state index is -5.61. The van der Waals surface area contributed by atoms with Crippen molar-refractivity contribution in [1.29, 1.82) is 0 Å². The Bertz CT molecular complexity index is 802. The number of aromatic hydroxyl groups is 3. The van der Waals surface area contributed by atoms with Crippen LogP contribution < -0.4 is 0 Å². The summed E-state index contributed by atoms with van der Waals surface area (Å²) in [7, 11) is -11.2. The lowest BCUT2D eigenvalue weighted by atomic mass is 10.1. The Morgan fingerprint density at radius 3 is 1.45 bits per heavy atom. The molecule has 0 atom stereocenters. The number of aromatic carboxylic acids is 1. The van der Waals surface area contributed by atoms with Gasteiger partial charge in [-0.1, -0.05) is 0 Å². The predicted octanol–water partition coefficient (Wildman–Crippen LogP) is -1.00. The van der Waals surface area contributed by atoms with E-state index in [4.69, 9.17) is 19.3 Å². The Hall–Kier alpha value is -2.09. The van der Waals surface area contributed by atoms with E-state index in [1.807, 2.05) is 0 Å². The van der Waals surface area contributed by atoms with E-state index in [0.29, 0.717) is 0 Å². The van der Waals surface area contributed by atoms with Crippen LogP contribution >= 0.6 is 0 Å². The molecular weight excluding hydrogens is 324 g/mol. The predicted molar refractivity (Wildman–Crippen MR) is 58.0 cm³/mol. The van der Waals surface area contributed by atoms with Crippen LogP contribution in [0.15, 0.2) is 9.79 Å². The van der Waals surface area contributed by atoms with Crippen LogP contribution in [0.2, 0.25) is 0 Å². The Kier molecular flexibility index (Phi) is 3.58. The Balaban J connectivity index is 4.31. The van der Waals surface area contributed by atoms with Crippen molar-refractivity contribution in [2.24, 2.45) is 0 Å². The van der Waals surface area contributed by atoms with Gasteiger partial charge in [-0.15, -0.1) is 0 Å². The largest absolute Gasteiger partial charge is 0.504 e. The van der Waals surface area contributed by atoms with Crippen LogP contribution in [0.3, 0.4) is 0 Å². The number of hydrogen-bond donors (Lipinski definition) is 6. The first-order chi connectivity index (χ1) is 8.80. The van der Waals surface area contributed by atoms with Gasteiger partial charge in [-0.3, -0.25) is 9.11 Å². The molecule has 0 aromatic heterocycles. The minimum absolute atomic E-state index is 1.71. The van der Waals surface area contributed by atoms with E-state index in [2.05, 4.69) is 0 Å². The second kappa shape index (κ2) is 4.48. The first-order valence-electron chi connectivity index (χ1n) is 4.29. The molecule has 0 radical (unpaired) electrons. The third kappa shape index (κ3) is 2.46. The van der Waals surface area contributed by atoms with Gasteiger partial charge in [0, 0.05) is 0 Å². The van der Waals surface area contributed by atoms with Gasteiger partial charge in [-0.2, -0.15) is 16.8 Å². The molecule has 0 saturated carbocycles. The number of benzene rings is 1. The van der Waals surface area contributed by atoms with Gasteiger partial charge in [0.05, 0.1) is 0 Å². The van der Waals surface area contributed by atoms with Gasteiger partial charge in [0.15, 0.2) is 16.4 Å². The number of carbonyl (C=O) groups is 1. The summed E-state index contributed by atoms with van der Waals surface area (Å²) in [6.45, 7) is 0. The summed E-state index contributed by atoms with van der Waals surface area (Å²) in [4.78, 5) is 6.86. The quantitative estimate of drug-likeness (QED) is 0.292. The number of phenols is 3. The molecule has 0 aliphatic carbocycles. The van der Waals surface area contributed by atoms with Gasteiger partial charge in [0.2, 0.25) is 5.75 Å². The molecule has 0 heterocycles. The molecule has 0 bridgehead atoms. The van der Waals surface area contributed by atoms with E-state index in [1.54, 1.807) is 0 Å². The standard InChI is InChI=1S/C7H6O11S2/c8-2-1(7(11)12)5(19(13,14)15)6(20(16,17)18)4(10)3(2)9/h8-10H,(H,11,12)(H,13,14,15)(H,16,17,18). The molecular formula is C7H6O11S2. The zero-order valence-corrected chi connectivity index (χ0v) is 10.7. The number of carboxylic acids is 1. The monoisotopic (exact) mass is 330 g/mol. The molecule has 0 saturated heterocycles. The van der Waals surface area contributed by atoms with Crippen LogP contribution in [-0.2, 0) is 20.2 Å². The van der Waals surface area contributed by atoms with Gasteiger partial charge in [-0.05, 0) is 0 Å². The zero-order chi connectivity index (χ0) is 16.0. The van der Waals surface area contributed by atoms with E-state index in [9.17, 15) is 31.8 Å². The van der Waals surface area contributed by atoms with E-state index in [-0.39, 0.29) is 0 Å². The number of carboxylic acid groups (broad SMARTS) is 1. The lowest BCUT2D eigenvalue weighted by molar-refractivity contribution is 0.0687. The highest BCUT2D eigenvalue weighted by atomic mass is 32.2. The molecule has 0 amide bonds. The van der Waals surface area contributed by atoms with Crippen molar-refractivity contribution in [3.63, 3.8) is 0 Å². The molecule has 0 fully saturated rings. The number of rotatable bonds is 3. The SMILES string of the molecule is O=C(O)c1c(O)c(O)c(O)c(S(=O)(=O)O)c1S(=O)(=O)O. The van der Waals surface area contributed by atoms with Crippen molar-refractivity contribution in [2.45, 2.75) is 9.79 Å². The highest BCUT2D eigenvalue weighted by Crippen LogP contribution is 2.46. The van der Waals surface area contributed by atoms with Crippen LogP contribution in [-0.4, -0.2) is 52.3 Å². The van der Waals surface area contributed by atoms with Crippen molar-refractivity contribution in [1.82, 2.24) is 0 Å². The van der Waals surface area contributed by atoms with E-state index in [0.717, 1.165) is 0 Å². The molecule has 0 unspecified atom stereocenters. The molecule has 112 valence electrons. The maximum Gasteiger partial charge on any atom is 0.341 e. The highest BCUT2D eigenvalue weighted by Gasteiger charge is 2.38. The maximum atomic E-state index is 11.1. The molecule has 11 nitrogen and oxygen atoms in total. The van der Waals surface area contributed by atoms with Crippen LogP contribution in [0.25, 0.3) is 0 Å². The summed E-state index contributed by atoms with van der Waals surface area (Å²) in [6.07, 6.45) is 0. The topological polar surface area (TPSA) is 207 Å². The minimum Gasteiger partial charge on any atom is -0.504 e. The first-order valence-corrected chi connectivity index (χ1v) is 7.17.